The van der Waals surface area contributed by atoms with Gasteiger partial charge in [0.15, 0.2) is 0 Å². The van der Waals surface area contributed by atoms with Crippen molar-refractivity contribution in [3.05, 3.63) is 60.8 Å². The summed E-state index contributed by atoms with van der Waals surface area (Å²) in [6, 6.07) is -1.01. The molecule has 0 saturated heterocycles. The standard InChI is InChI=1S/C45H83N2O9P/c1-6-8-10-11-12-13-14-15-16-17-18-19-20-24-28-33-42(49)41(39-56-57(53,54)55-38-37-47(3,4)5)46-45(52)36-30-35-44(51)43(50)34-29-25-22-21-23-27-32-40(48)31-26-9-7-2/h21-23,25,27-29,32-34,40-44,48-51H,6-20,24,26,30-31,35-39H2,1-5H3,(H-,46,52,53,54)/p+1/b23-21-,25-22+,32-27+,33-28+,34-29+/t40-,41-,42+,43-,44-/m0/s1. The third-order valence-electron chi connectivity index (χ3n) is 9.60. The number of nitrogens with one attached hydrogen (secondary N) is 1. The van der Waals surface area contributed by atoms with Gasteiger partial charge in [-0.1, -0.05) is 171 Å². The van der Waals surface area contributed by atoms with Crippen molar-refractivity contribution in [2.24, 2.45) is 0 Å². The minimum Gasteiger partial charge on any atom is -0.390 e. The highest BCUT2D eigenvalue weighted by molar-refractivity contribution is 7.47. The number of aliphatic hydroxyl groups excluding tert-OH is 4. The predicted molar refractivity (Wildman–Crippen MR) is 235 cm³/mol. The van der Waals surface area contributed by atoms with Crippen LogP contribution < -0.4 is 5.32 Å². The number of phosphoric ester groups is 1. The van der Waals surface area contributed by atoms with E-state index >= 15 is 0 Å². The lowest BCUT2D eigenvalue weighted by atomic mass is 10.0. The van der Waals surface area contributed by atoms with E-state index in [-0.39, 0.29) is 25.9 Å². The molecular formula is C45H84N2O9P+. The lowest BCUT2D eigenvalue weighted by Crippen LogP contribution is -2.45. The summed E-state index contributed by atoms with van der Waals surface area (Å²) in [4.78, 5) is 23.1. The normalized spacial score (nSPS) is 16.6. The minimum absolute atomic E-state index is 0.00168. The van der Waals surface area contributed by atoms with Crippen LogP contribution in [0.4, 0.5) is 0 Å². The number of hydrogen-bond donors (Lipinski definition) is 6. The zero-order chi connectivity index (χ0) is 42.6. The molecule has 11 nitrogen and oxygen atoms in total. The molecule has 0 fully saturated rings. The highest BCUT2D eigenvalue weighted by Crippen LogP contribution is 2.43. The van der Waals surface area contributed by atoms with Crippen LogP contribution in [0.3, 0.4) is 0 Å². The molecule has 1 unspecified atom stereocenters. The van der Waals surface area contributed by atoms with E-state index in [1.54, 1.807) is 48.6 Å². The van der Waals surface area contributed by atoms with Crippen molar-refractivity contribution in [1.82, 2.24) is 5.32 Å². The average Bonchev–Trinajstić information content (AvgIpc) is 3.15. The Balaban J connectivity index is 4.82. The van der Waals surface area contributed by atoms with Crippen LogP contribution in [0.1, 0.15) is 149 Å². The van der Waals surface area contributed by atoms with E-state index in [9.17, 15) is 34.7 Å². The van der Waals surface area contributed by atoms with Crippen LogP contribution >= 0.6 is 7.82 Å². The fourth-order valence-electron chi connectivity index (χ4n) is 5.89. The maximum atomic E-state index is 12.9. The number of allylic oxidation sites excluding steroid dienone is 7. The van der Waals surface area contributed by atoms with E-state index in [1.165, 1.54) is 76.7 Å². The van der Waals surface area contributed by atoms with Gasteiger partial charge in [-0.15, -0.1) is 0 Å². The van der Waals surface area contributed by atoms with E-state index in [2.05, 4.69) is 19.2 Å². The van der Waals surface area contributed by atoms with E-state index in [0.717, 1.165) is 44.9 Å². The van der Waals surface area contributed by atoms with Crippen molar-refractivity contribution in [2.45, 2.75) is 179 Å². The Hall–Kier alpha value is -1.92. The van der Waals surface area contributed by atoms with Crippen LogP contribution in [0.5, 0.6) is 0 Å². The maximum absolute atomic E-state index is 12.9. The van der Waals surface area contributed by atoms with Gasteiger partial charge < -0.3 is 35.1 Å². The van der Waals surface area contributed by atoms with Crippen molar-refractivity contribution >= 4 is 13.7 Å². The third-order valence-corrected chi connectivity index (χ3v) is 10.6. The van der Waals surface area contributed by atoms with Crippen LogP contribution in [0.25, 0.3) is 0 Å². The second kappa shape index (κ2) is 36.0. The molecule has 0 saturated carbocycles. The summed E-state index contributed by atoms with van der Waals surface area (Å²) in [5, 5.41) is 44.3. The molecule has 1 amide bonds. The van der Waals surface area contributed by atoms with Gasteiger partial charge in [-0.3, -0.25) is 13.8 Å². The highest BCUT2D eigenvalue weighted by atomic mass is 31.2. The molecule has 57 heavy (non-hydrogen) atoms. The van der Waals surface area contributed by atoms with Gasteiger partial charge in [0, 0.05) is 6.42 Å². The summed E-state index contributed by atoms with van der Waals surface area (Å²) in [5.41, 5.74) is 0. The fraction of sp³-hybridized carbons (Fsp3) is 0.756. The third kappa shape index (κ3) is 36.9. The largest absolute Gasteiger partial charge is 0.472 e. The Labute approximate surface area is 347 Å². The molecule has 6 atom stereocenters. The average molecular weight is 828 g/mol. The second-order valence-corrected chi connectivity index (χ2v) is 17.7. The molecule has 0 aromatic rings. The van der Waals surface area contributed by atoms with E-state index in [4.69, 9.17) is 9.05 Å². The lowest BCUT2D eigenvalue weighted by Gasteiger charge is -2.25. The predicted octanol–water partition coefficient (Wildman–Crippen LogP) is 8.77. The SMILES string of the molecule is CCCCCCCCCCCCCCC/C=C/[C@@H](O)[C@H](COP(=O)(O)OCC[N+](C)(C)C)NC(=O)CCC[C@H](O)[C@@H](O)/C=C/C=C/C=C\C=C\[C@@H](O)CCCCC. The molecule has 0 heterocycles. The lowest BCUT2D eigenvalue weighted by molar-refractivity contribution is -0.870. The summed E-state index contributed by atoms with van der Waals surface area (Å²) < 4.78 is 23.4. The Kier molecular flexibility index (Phi) is 34.8. The molecule has 332 valence electrons. The quantitative estimate of drug-likeness (QED) is 0.0117. The summed E-state index contributed by atoms with van der Waals surface area (Å²) in [6.45, 7) is 4.40. The Bertz CT molecular complexity index is 1170. The van der Waals surface area contributed by atoms with Crippen molar-refractivity contribution < 1.29 is 48.2 Å². The number of amides is 1. The first kappa shape index (κ1) is 55.1. The minimum atomic E-state index is -4.44. The molecule has 0 aromatic carbocycles. The number of carbonyl (C=O) groups is 1. The number of unbranched alkanes of at least 4 members (excludes halogenated alkanes) is 15. The van der Waals surface area contributed by atoms with Crippen LogP contribution in [0, 0.1) is 0 Å². The summed E-state index contributed by atoms with van der Waals surface area (Å²) in [6.07, 6.45) is 35.0. The van der Waals surface area contributed by atoms with Gasteiger partial charge in [0.05, 0.1) is 58.2 Å². The molecular weight excluding hydrogens is 743 g/mol. The van der Waals surface area contributed by atoms with Crippen molar-refractivity contribution in [2.75, 3.05) is 40.9 Å². The number of likely N-dealkylation sites (N-methyl/N-ethyl adjacent to an activating group) is 1. The molecule has 6 N–H and O–H groups in total. The van der Waals surface area contributed by atoms with Gasteiger partial charge in [-0.2, -0.15) is 0 Å². The zero-order valence-electron chi connectivity index (χ0n) is 36.4. The Morgan fingerprint density at radius 2 is 1.18 bits per heavy atom. The first-order valence-corrected chi connectivity index (χ1v) is 23.5. The molecule has 0 aliphatic rings. The molecule has 0 aromatic heterocycles. The first-order valence-electron chi connectivity index (χ1n) is 22.0. The number of rotatable bonds is 38. The molecule has 12 heteroatoms. The summed E-state index contributed by atoms with van der Waals surface area (Å²) in [7, 11) is 1.35. The molecule has 0 aliphatic heterocycles. The molecule has 0 bridgehead atoms. The van der Waals surface area contributed by atoms with Crippen molar-refractivity contribution in [1.29, 1.82) is 0 Å². The first-order chi connectivity index (χ1) is 27.2. The maximum Gasteiger partial charge on any atom is 0.472 e. The highest BCUT2D eigenvalue weighted by Gasteiger charge is 2.28. The molecule has 0 rings (SSSR count). The van der Waals surface area contributed by atoms with Crippen molar-refractivity contribution in [3.8, 4) is 0 Å². The van der Waals surface area contributed by atoms with Crippen LogP contribution in [-0.4, -0.2) is 107 Å². The van der Waals surface area contributed by atoms with Crippen molar-refractivity contribution in [3.63, 3.8) is 0 Å². The topological polar surface area (TPSA) is 166 Å². The number of aliphatic hydroxyl groups is 4. The number of hydrogen-bond acceptors (Lipinski definition) is 8. The zero-order valence-corrected chi connectivity index (χ0v) is 37.3. The number of nitrogens with zero attached hydrogens (tertiary/aromatic N) is 1. The monoisotopic (exact) mass is 828 g/mol. The molecule has 0 radical (unpaired) electrons. The molecule has 0 spiro atoms. The Morgan fingerprint density at radius 1 is 0.649 bits per heavy atom. The van der Waals surface area contributed by atoms with Crippen LogP contribution in [0.15, 0.2) is 60.8 Å². The van der Waals surface area contributed by atoms with Gasteiger partial charge in [0.1, 0.15) is 13.2 Å². The summed E-state index contributed by atoms with van der Waals surface area (Å²) in [5.74, 6) is -0.430. The fourth-order valence-corrected chi connectivity index (χ4v) is 6.63. The number of quaternary nitrogens is 1. The Morgan fingerprint density at radius 3 is 1.75 bits per heavy atom. The second-order valence-electron chi connectivity index (χ2n) is 16.3. The number of carbonyl (C=O) groups excluding carboxylic acids is 1. The smallest absolute Gasteiger partial charge is 0.390 e. The van der Waals surface area contributed by atoms with E-state index in [0.29, 0.717) is 11.0 Å². The number of phosphoric acid groups is 1. The summed E-state index contributed by atoms with van der Waals surface area (Å²) >= 11 is 0. The van der Waals surface area contributed by atoms with Crippen LogP contribution in [0.2, 0.25) is 0 Å². The molecule has 0 aliphatic carbocycles. The van der Waals surface area contributed by atoms with Gasteiger partial charge in [0.2, 0.25) is 5.91 Å². The van der Waals surface area contributed by atoms with Crippen LogP contribution in [-0.2, 0) is 18.4 Å². The van der Waals surface area contributed by atoms with E-state index in [1.807, 2.05) is 27.2 Å². The van der Waals surface area contributed by atoms with E-state index < -0.39 is 50.8 Å². The van der Waals surface area contributed by atoms with Gasteiger partial charge >= 0.3 is 7.82 Å². The van der Waals surface area contributed by atoms with Gasteiger partial charge in [-0.05, 0) is 32.1 Å². The van der Waals surface area contributed by atoms with Gasteiger partial charge in [-0.25, -0.2) is 4.57 Å². The van der Waals surface area contributed by atoms with Gasteiger partial charge in [0.25, 0.3) is 0 Å².